The van der Waals surface area contributed by atoms with E-state index in [-0.39, 0.29) is 5.82 Å². The molecule has 0 saturated heterocycles. The van der Waals surface area contributed by atoms with Gasteiger partial charge in [-0.25, -0.2) is 4.39 Å². The molecule has 1 nitrogen and oxygen atoms in total. The highest BCUT2D eigenvalue weighted by Gasteiger charge is 2.04. The van der Waals surface area contributed by atoms with Gasteiger partial charge in [-0.2, -0.15) is 0 Å². The minimum absolute atomic E-state index is 0.253. The number of aryl methyl sites for hydroxylation is 1. The zero-order valence-electron chi connectivity index (χ0n) is 9.81. The van der Waals surface area contributed by atoms with Gasteiger partial charge in [0.1, 0.15) is 5.82 Å². The summed E-state index contributed by atoms with van der Waals surface area (Å²) in [6.45, 7) is 2.51. The Bertz CT molecular complexity index is 531. The van der Waals surface area contributed by atoms with Gasteiger partial charge in [-0.15, -0.1) is 0 Å². The van der Waals surface area contributed by atoms with Gasteiger partial charge in [0.15, 0.2) is 0 Å². The number of nitrogens with one attached hydrogen (secondary N) is 1. The van der Waals surface area contributed by atoms with E-state index < -0.39 is 0 Å². The van der Waals surface area contributed by atoms with E-state index in [4.69, 9.17) is 11.6 Å². The van der Waals surface area contributed by atoms with Gasteiger partial charge >= 0.3 is 0 Å². The molecular formula is C14H12BrClFN. The van der Waals surface area contributed by atoms with Crippen LogP contribution < -0.4 is 5.32 Å². The van der Waals surface area contributed by atoms with Crippen LogP contribution >= 0.6 is 27.5 Å². The lowest BCUT2D eigenvalue weighted by Gasteiger charge is -2.11. The van der Waals surface area contributed by atoms with Gasteiger partial charge in [0.25, 0.3) is 0 Å². The summed E-state index contributed by atoms with van der Waals surface area (Å²) < 4.78 is 14.0. The second-order valence-electron chi connectivity index (χ2n) is 4.06. The molecule has 0 atom stereocenters. The number of halogens is 3. The summed E-state index contributed by atoms with van der Waals surface area (Å²) in [4.78, 5) is 0. The van der Waals surface area contributed by atoms with Crippen LogP contribution in [0.5, 0.6) is 0 Å². The van der Waals surface area contributed by atoms with E-state index in [1.165, 1.54) is 12.1 Å². The Labute approximate surface area is 119 Å². The zero-order valence-corrected chi connectivity index (χ0v) is 12.1. The van der Waals surface area contributed by atoms with Gasteiger partial charge in [-0.3, -0.25) is 0 Å². The van der Waals surface area contributed by atoms with Crippen molar-refractivity contribution in [2.24, 2.45) is 0 Å². The molecule has 0 aliphatic carbocycles. The van der Waals surface area contributed by atoms with Gasteiger partial charge in [0, 0.05) is 11.0 Å². The fourth-order valence-corrected chi connectivity index (χ4v) is 2.56. The Kier molecular flexibility index (Phi) is 4.25. The normalized spacial score (nSPS) is 10.4. The van der Waals surface area contributed by atoms with E-state index in [0.717, 1.165) is 21.3 Å². The Morgan fingerprint density at radius 3 is 2.72 bits per heavy atom. The second-order valence-corrected chi connectivity index (χ2v) is 5.39. The molecule has 0 aliphatic heterocycles. The highest BCUT2D eigenvalue weighted by atomic mass is 79.9. The van der Waals surface area contributed by atoms with Crippen molar-refractivity contribution in [3.05, 3.63) is 62.8 Å². The fraction of sp³-hybridized carbons (Fsp3) is 0.143. The van der Waals surface area contributed by atoms with Crippen LogP contribution in [0.1, 0.15) is 11.1 Å². The van der Waals surface area contributed by atoms with Crippen LogP contribution in [0.3, 0.4) is 0 Å². The molecule has 94 valence electrons. The monoisotopic (exact) mass is 327 g/mol. The molecule has 0 aliphatic rings. The molecule has 0 radical (unpaired) electrons. The average Bonchev–Trinajstić information content (AvgIpc) is 2.27. The number of anilines is 1. The number of para-hydroxylation sites is 1. The first kappa shape index (κ1) is 13.4. The van der Waals surface area contributed by atoms with Gasteiger partial charge in [-0.1, -0.05) is 39.7 Å². The molecule has 0 unspecified atom stereocenters. The lowest BCUT2D eigenvalue weighted by molar-refractivity contribution is 0.625. The molecule has 0 fully saturated rings. The predicted octanol–water partition coefficient (Wildman–Crippen LogP) is 5.16. The van der Waals surface area contributed by atoms with E-state index in [2.05, 4.69) is 21.2 Å². The van der Waals surface area contributed by atoms with Crippen LogP contribution in [0.25, 0.3) is 0 Å². The molecule has 1 N–H and O–H groups in total. The van der Waals surface area contributed by atoms with Gasteiger partial charge < -0.3 is 5.32 Å². The minimum atomic E-state index is -0.253. The van der Waals surface area contributed by atoms with Crippen molar-refractivity contribution in [2.45, 2.75) is 13.5 Å². The third kappa shape index (κ3) is 3.24. The quantitative estimate of drug-likeness (QED) is 0.820. The van der Waals surface area contributed by atoms with E-state index in [9.17, 15) is 4.39 Å². The van der Waals surface area contributed by atoms with Gasteiger partial charge in [-0.05, 0) is 42.3 Å². The molecule has 0 spiro atoms. The van der Waals surface area contributed by atoms with Crippen molar-refractivity contribution < 1.29 is 4.39 Å². The van der Waals surface area contributed by atoms with Crippen molar-refractivity contribution in [1.82, 2.24) is 0 Å². The summed E-state index contributed by atoms with van der Waals surface area (Å²) in [7, 11) is 0. The molecule has 2 aromatic rings. The molecule has 0 saturated carbocycles. The third-order valence-electron chi connectivity index (χ3n) is 2.61. The molecule has 0 amide bonds. The molecule has 0 bridgehead atoms. The molecule has 2 rings (SSSR count). The highest BCUT2D eigenvalue weighted by molar-refractivity contribution is 9.10. The first-order chi connectivity index (χ1) is 8.56. The summed E-state index contributed by atoms with van der Waals surface area (Å²) in [6, 6.07) is 10.5. The van der Waals surface area contributed by atoms with Crippen LogP contribution in [0, 0.1) is 12.7 Å². The lowest BCUT2D eigenvalue weighted by atomic mass is 10.1. The number of benzene rings is 2. The number of hydrogen-bond donors (Lipinski definition) is 1. The standard InChI is InChI=1S/C14H12BrClFN/c1-9-3-2-4-13(16)14(9)18-8-10-5-11(15)7-12(17)6-10/h2-7,18H,8H2,1H3. The highest BCUT2D eigenvalue weighted by Crippen LogP contribution is 2.26. The van der Waals surface area contributed by atoms with E-state index in [1.54, 1.807) is 0 Å². The van der Waals surface area contributed by atoms with E-state index in [0.29, 0.717) is 11.6 Å². The number of rotatable bonds is 3. The van der Waals surface area contributed by atoms with Crippen molar-refractivity contribution in [3.8, 4) is 0 Å². The van der Waals surface area contributed by atoms with Crippen LogP contribution in [-0.2, 0) is 6.54 Å². The lowest BCUT2D eigenvalue weighted by Crippen LogP contribution is -2.02. The Morgan fingerprint density at radius 1 is 1.28 bits per heavy atom. The van der Waals surface area contributed by atoms with Crippen molar-refractivity contribution in [2.75, 3.05) is 5.32 Å². The maximum Gasteiger partial charge on any atom is 0.124 e. The first-order valence-electron chi connectivity index (χ1n) is 5.50. The zero-order chi connectivity index (χ0) is 13.1. The summed E-state index contributed by atoms with van der Waals surface area (Å²) >= 11 is 9.39. The van der Waals surface area contributed by atoms with Gasteiger partial charge in [0.05, 0.1) is 10.7 Å². The summed E-state index contributed by atoms with van der Waals surface area (Å²) in [6.07, 6.45) is 0. The second kappa shape index (κ2) is 5.72. The first-order valence-corrected chi connectivity index (χ1v) is 6.67. The van der Waals surface area contributed by atoms with E-state index >= 15 is 0 Å². The minimum Gasteiger partial charge on any atom is -0.380 e. The molecule has 0 heterocycles. The largest absolute Gasteiger partial charge is 0.380 e. The van der Waals surface area contributed by atoms with Crippen molar-refractivity contribution in [3.63, 3.8) is 0 Å². The third-order valence-corrected chi connectivity index (χ3v) is 3.39. The van der Waals surface area contributed by atoms with Crippen LogP contribution in [0.4, 0.5) is 10.1 Å². The Morgan fingerprint density at radius 2 is 2.06 bits per heavy atom. The smallest absolute Gasteiger partial charge is 0.124 e. The predicted molar refractivity (Wildman–Crippen MR) is 77.6 cm³/mol. The summed E-state index contributed by atoms with van der Waals surface area (Å²) in [5.74, 6) is -0.253. The topological polar surface area (TPSA) is 12.0 Å². The van der Waals surface area contributed by atoms with E-state index in [1.807, 2.05) is 31.2 Å². The Hall–Kier alpha value is -1.06. The summed E-state index contributed by atoms with van der Waals surface area (Å²) in [5.41, 5.74) is 2.82. The molecule has 0 aromatic heterocycles. The van der Waals surface area contributed by atoms with Crippen LogP contribution in [0.2, 0.25) is 5.02 Å². The molecule has 4 heteroatoms. The average molecular weight is 329 g/mol. The van der Waals surface area contributed by atoms with Crippen molar-refractivity contribution >= 4 is 33.2 Å². The Balaban J connectivity index is 2.16. The number of hydrogen-bond acceptors (Lipinski definition) is 1. The van der Waals surface area contributed by atoms with Crippen molar-refractivity contribution in [1.29, 1.82) is 0 Å². The van der Waals surface area contributed by atoms with Crippen LogP contribution in [-0.4, -0.2) is 0 Å². The summed E-state index contributed by atoms with van der Waals surface area (Å²) in [5, 5.41) is 3.90. The molecule has 18 heavy (non-hydrogen) atoms. The van der Waals surface area contributed by atoms with Gasteiger partial charge in [0.2, 0.25) is 0 Å². The maximum atomic E-state index is 13.2. The fourth-order valence-electron chi connectivity index (χ4n) is 1.76. The maximum absolute atomic E-state index is 13.2. The molecular weight excluding hydrogens is 317 g/mol. The molecule has 2 aromatic carbocycles. The van der Waals surface area contributed by atoms with Crippen LogP contribution in [0.15, 0.2) is 40.9 Å². The SMILES string of the molecule is Cc1cccc(Cl)c1NCc1cc(F)cc(Br)c1.